The first kappa shape index (κ1) is 21.3. The second-order valence-corrected chi connectivity index (χ2v) is 6.27. The van der Waals surface area contributed by atoms with Crippen LogP contribution in [0, 0.1) is 0 Å². The molecule has 0 aliphatic carbocycles. The molecule has 2 aromatic carbocycles. The summed E-state index contributed by atoms with van der Waals surface area (Å²) < 4.78 is 15.8. The van der Waals surface area contributed by atoms with E-state index < -0.39 is 0 Å². The largest absolute Gasteiger partial charge is 0.493 e. The molecule has 0 unspecified atom stereocenters. The highest BCUT2D eigenvalue weighted by Gasteiger charge is 2.12. The Hall–Kier alpha value is -3.02. The lowest BCUT2D eigenvalue weighted by molar-refractivity contribution is -0.116. The lowest BCUT2D eigenvalue weighted by Crippen LogP contribution is -2.13. The van der Waals surface area contributed by atoms with Crippen molar-refractivity contribution in [3.05, 3.63) is 53.6 Å². The van der Waals surface area contributed by atoms with Gasteiger partial charge in [-0.05, 0) is 48.7 Å². The van der Waals surface area contributed by atoms with Crippen LogP contribution in [0.3, 0.4) is 0 Å². The molecule has 2 aromatic rings. The van der Waals surface area contributed by atoms with Crippen LogP contribution in [-0.2, 0) is 16.0 Å². The number of amides is 1. The number of benzene rings is 2. The zero-order valence-corrected chi connectivity index (χ0v) is 16.6. The highest BCUT2D eigenvalue weighted by atomic mass is 16.5. The maximum Gasteiger partial charge on any atom is 0.338 e. The maximum absolute atomic E-state index is 12.3. The van der Waals surface area contributed by atoms with Gasteiger partial charge in [0, 0.05) is 12.1 Å². The fourth-order valence-corrected chi connectivity index (χ4v) is 2.70. The number of rotatable bonds is 10. The number of methoxy groups -OCH3 is 2. The van der Waals surface area contributed by atoms with E-state index >= 15 is 0 Å². The average Bonchev–Trinajstić information content (AvgIpc) is 2.72. The topological polar surface area (TPSA) is 73.9 Å². The molecule has 0 aliphatic heterocycles. The van der Waals surface area contributed by atoms with Gasteiger partial charge >= 0.3 is 5.97 Å². The molecule has 0 saturated carbocycles. The van der Waals surface area contributed by atoms with Gasteiger partial charge in [0.25, 0.3) is 0 Å². The van der Waals surface area contributed by atoms with Crippen LogP contribution in [0.15, 0.2) is 42.5 Å². The summed E-state index contributed by atoms with van der Waals surface area (Å²) >= 11 is 0. The third-order valence-electron chi connectivity index (χ3n) is 4.24. The summed E-state index contributed by atoms with van der Waals surface area (Å²) in [5.41, 5.74) is 2.00. The van der Waals surface area contributed by atoms with Crippen LogP contribution in [-0.4, -0.2) is 32.7 Å². The van der Waals surface area contributed by atoms with Crippen molar-refractivity contribution in [2.75, 3.05) is 26.1 Å². The van der Waals surface area contributed by atoms with Crippen LogP contribution < -0.4 is 14.8 Å². The fourth-order valence-electron chi connectivity index (χ4n) is 2.70. The Morgan fingerprint density at radius 2 is 1.75 bits per heavy atom. The second-order valence-electron chi connectivity index (χ2n) is 6.27. The van der Waals surface area contributed by atoms with Crippen molar-refractivity contribution >= 4 is 17.6 Å². The number of anilines is 1. The summed E-state index contributed by atoms with van der Waals surface area (Å²) in [7, 11) is 3.16. The molecule has 0 atom stereocenters. The molecule has 1 N–H and O–H groups in total. The molecule has 0 saturated heterocycles. The summed E-state index contributed by atoms with van der Waals surface area (Å²) in [6.45, 7) is 2.46. The highest BCUT2D eigenvalue weighted by molar-refractivity contribution is 5.93. The van der Waals surface area contributed by atoms with Gasteiger partial charge in [-0.2, -0.15) is 0 Å². The number of unbranched alkanes of at least 4 members (excludes halogenated alkanes) is 1. The lowest BCUT2D eigenvalue weighted by atomic mass is 10.1. The summed E-state index contributed by atoms with van der Waals surface area (Å²) in [5, 5.41) is 2.83. The minimum absolute atomic E-state index is 0.122. The molecular formula is C22H27NO5. The van der Waals surface area contributed by atoms with Crippen molar-refractivity contribution in [3.63, 3.8) is 0 Å². The van der Waals surface area contributed by atoms with Gasteiger partial charge in [-0.3, -0.25) is 4.79 Å². The summed E-state index contributed by atoms with van der Waals surface area (Å²) in [6.07, 6.45) is 2.64. The monoisotopic (exact) mass is 385 g/mol. The predicted molar refractivity (Wildman–Crippen MR) is 108 cm³/mol. The molecule has 0 aliphatic rings. The molecular weight excluding hydrogens is 358 g/mol. The van der Waals surface area contributed by atoms with Crippen molar-refractivity contribution in [1.29, 1.82) is 0 Å². The van der Waals surface area contributed by atoms with Gasteiger partial charge in [0.05, 0.1) is 26.4 Å². The molecule has 0 heterocycles. The number of para-hydroxylation sites is 1. The number of nitrogens with one attached hydrogen (secondary N) is 1. The molecule has 0 radical (unpaired) electrons. The average molecular weight is 385 g/mol. The number of aryl methyl sites for hydroxylation is 1. The Kier molecular flexibility index (Phi) is 8.34. The molecule has 6 nitrogen and oxygen atoms in total. The summed E-state index contributed by atoms with van der Waals surface area (Å²) in [5.74, 6) is 0.810. The van der Waals surface area contributed by atoms with E-state index in [2.05, 4.69) is 5.32 Å². The van der Waals surface area contributed by atoms with Gasteiger partial charge in [-0.15, -0.1) is 0 Å². The zero-order chi connectivity index (χ0) is 20.4. The number of hydrogen-bond donors (Lipinski definition) is 1. The van der Waals surface area contributed by atoms with Crippen LogP contribution in [0.5, 0.6) is 11.5 Å². The fraction of sp³-hybridized carbons (Fsp3) is 0.364. The van der Waals surface area contributed by atoms with Crippen LogP contribution in [0.4, 0.5) is 5.69 Å². The SMILES string of the molecule is CCCCOC(=O)c1ccc(NC(=O)CCc2cccc(OC)c2OC)cc1. The molecule has 2 rings (SSSR count). The van der Waals surface area contributed by atoms with Crippen molar-refractivity contribution in [2.45, 2.75) is 32.6 Å². The minimum Gasteiger partial charge on any atom is -0.493 e. The Balaban J connectivity index is 1.89. The van der Waals surface area contributed by atoms with E-state index in [1.807, 2.05) is 25.1 Å². The Bertz CT molecular complexity index is 786. The van der Waals surface area contributed by atoms with E-state index in [9.17, 15) is 9.59 Å². The van der Waals surface area contributed by atoms with E-state index in [-0.39, 0.29) is 11.9 Å². The predicted octanol–water partition coefficient (Wildman–Crippen LogP) is 4.23. The number of carbonyl (C=O) groups is 2. The quantitative estimate of drug-likeness (QED) is 0.489. The van der Waals surface area contributed by atoms with Gasteiger partial charge in [0.1, 0.15) is 0 Å². The second kappa shape index (κ2) is 11.0. The van der Waals surface area contributed by atoms with Gasteiger partial charge in [-0.1, -0.05) is 25.5 Å². The first-order valence-electron chi connectivity index (χ1n) is 9.36. The molecule has 0 aromatic heterocycles. The molecule has 28 heavy (non-hydrogen) atoms. The van der Waals surface area contributed by atoms with E-state index in [1.165, 1.54) is 0 Å². The van der Waals surface area contributed by atoms with Crippen LogP contribution in [0.2, 0.25) is 0 Å². The van der Waals surface area contributed by atoms with E-state index in [0.717, 1.165) is 18.4 Å². The smallest absolute Gasteiger partial charge is 0.338 e. The van der Waals surface area contributed by atoms with Gasteiger partial charge < -0.3 is 19.5 Å². The van der Waals surface area contributed by atoms with Crippen molar-refractivity contribution in [2.24, 2.45) is 0 Å². The molecule has 1 amide bonds. The van der Waals surface area contributed by atoms with Crippen LogP contribution >= 0.6 is 0 Å². The molecule has 0 spiro atoms. The maximum atomic E-state index is 12.3. The number of esters is 1. The van der Waals surface area contributed by atoms with E-state index in [0.29, 0.717) is 42.2 Å². The first-order valence-corrected chi connectivity index (χ1v) is 9.36. The summed E-state index contributed by atoms with van der Waals surface area (Å²) in [6, 6.07) is 12.3. The highest BCUT2D eigenvalue weighted by Crippen LogP contribution is 2.31. The number of ether oxygens (including phenoxy) is 3. The van der Waals surface area contributed by atoms with E-state index in [1.54, 1.807) is 38.5 Å². The Morgan fingerprint density at radius 1 is 1.00 bits per heavy atom. The number of carbonyl (C=O) groups excluding carboxylic acids is 2. The van der Waals surface area contributed by atoms with Gasteiger partial charge in [0.15, 0.2) is 11.5 Å². The Labute approximate surface area is 165 Å². The van der Waals surface area contributed by atoms with E-state index in [4.69, 9.17) is 14.2 Å². The zero-order valence-electron chi connectivity index (χ0n) is 16.6. The number of hydrogen-bond acceptors (Lipinski definition) is 5. The lowest BCUT2D eigenvalue weighted by Gasteiger charge is -2.12. The Morgan fingerprint density at radius 3 is 2.39 bits per heavy atom. The molecule has 6 heteroatoms. The summed E-state index contributed by atoms with van der Waals surface area (Å²) in [4.78, 5) is 24.2. The van der Waals surface area contributed by atoms with Crippen molar-refractivity contribution in [1.82, 2.24) is 0 Å². The minimum atomic E-state index is -0.351. The van der Waals surface area contributed by atoms with Crippen LogP contribution in [0.25, 0.3) is 0 Å². The normalized spacial score (nSPS) is 10.2. The van der Waals surface area contributed by atoms with Gasteiger partial charge in [0.2, 0.25) is 5.91 Å². The van der Waals surface area contributed by atoms with Crippen LogP contribution in [0.1, 0.15) is 42.1 Å². The van der Waals surface area contributed by atoms with Crippen molar-refractivity contribution in [3.8, 4) is 11.5 Å². The van der Waals surface area contributed by atoms with Crippen molar-refractivity contribution < 1.29 is 23.8 Å². The third kappa shape index (κ3) is 6.01. The first-order chi connectivity index (χ1) is 13.6. The molecule has 150 valence electrons. The van der Waals surface area contributed by atoms with Gasteiger partial charge in [-0.25, -0.2) is 4.79 Å². The third-order valence-corrected chi connectivity index (χ3v) is 4.24. The standard InChI is InChI=1S/C22H27NO5/c1-4-5-15-28-22(25)17-9-12-18(13-10-17)23-20(24)14-11-16-7-6-8-19(26-2)21(16)27-3/h6-10,12-13H,4-5,11,14-15H2,1-3H3,(H,23,24). The molecule has 0 bridgehead atoms. The molecule has 0 fully saturated rings.